The molecule has 0 radical (unpaired) electrons. The number of anilines is 2. The molecule has 0 aliphatic rings. The molecule has 150 valence electrons. The van der Waals surface area contributed by atoms with E-state index in [1.165, 1.54) is 12.3 Å². The molecule has 3 amide bonds. The summed E-state index contributed by atoms with van der Waals surface area (Å²) < 4.78 is 0.797. The van der Waals surface area contributed by atoms with Crippen LogP contribution in [0.3, 0.4) is 0 Å². The average molecular weight is 465 g/mol. The molecule has 0 heterocycles. The monoisotopic (exact) mass is 464 g/mol. The normalized spacial score (nSPS) is 10.4. The number of nitrogens with zero attached hydrogens (tertiary/aromatic N) is 1. The molecule has 0 aliphatic carbocycles. The Morgan fingerprint density at radius 1 is 0.767 bits per heavy atom. The van der Waals surface area contributed by atoms with Crippen LogP contribution >= 0.6 is 15.9 Å². The number of para-hydroxylation sites is 2. The van der Waals surface area contributed by atoms with Crippen LogP contribution in [-0.4, -0.2) is 23.9 Å². The molecule has 0 saturated carbocycles. The second-order valence-corrected chi connectivity index (χ2v) is 6.89. The van der Waals surface area contributed by atoms with E-state index in [0.717, 1.165) is 10.0 Å². The van der Waals surface area contributed by atoms with Gasteiger partial charge in [-0.15, -0.1) is 0 Å². The van der Waals surface area contributed by atoms with Crippen molar-refractivity contribution >= 4 is 51.2 Å². The van der Waals surface area contributed by atoms with Crippen LogP contribution in [0.4, 0.5) is 11.4 Å². The molecule has 3 rings (SSSR count). The van der Waals surface area contributed by atoms with Crippen molar-refractivity contribution in [1.29, 1.82) is 0 Å². The number of carbonyl (C=O) groups is 3. The lowest BCUT2D eigenvalue weighted by Crippen LogP contribution is -2.33. The van der Waals surface area contributed by atoms with E-state index >= 15 is 0 Å². The van der Waals surface area contributed by atoms with E-state index < -0.39 is 17.7 Å². The van der Waals surface area contributed by atoms with Crippen molar-refractivity contribution in [2.24, 2.45) is 5.10 Å². The number of rotatable bonds is 5. The third-order valence-corrected chi connectivity index (χ3v) is 4.65. The van der Waals surface area contributed by atoms with Gasteiger partial charge in [-0.2, -0.15) is 5.10 Å². The summed E-state index contributed by atoms with van der Waals surface area (Å²) in [5, 5.41) is 8.97. The van der Waals surface area contributed by atoms with E-state index in [9.17, 15) is 14.4 Å². The van der Waals surface area contributed by atoms with Crippen LogP contribution in [0, 0.1) is 0 Å². The van der Waals surface area contributed by atoms with Crippen molar-refractivity contribution in [2.45, 2.75) is 0 Å². The number of carbonyl (C=O) groups excluding carboxylic acids is 3. The van der Waals surface area contributed by atoms with Crippen LogP contribution in [0.25, 0.3) is 0 Å². The maximum absolute atomic E-state index is 12.6. The quantitative estimate of drug-likeness (QED) is 0.304. The van der Waals surface area contributed by atoms with Gasteiger partial charge >= 0.3 is 11.8 Å². The lowest BCUT2D eigenvalue weighted by Gasteiger charge is -2.11. The molecular weight excluding hydrogens is 448 g/mol. The Morgan fingerprint density at radius 3 is 2.20 bits per heavy atom. The van der Waals surface area contributed by atoms with Crippen LogP contribution in [0.1, 0.15) is 15.9 Å². The maximum atomic E-state index is 12.6. The average Bonchev–Trinajstić information content (AvgIpc) is 2.76. The first-order valence-electron chi connectivity index (χ1n) is 8.89. The van der Waals surface area contributed by atoms with Gasteiger partial charge < -0.3 is 10.6 Å². The van der Waals surface area contributed by atoms with Gasteiger partial charge in [-0.3, -0.25) is 14.4 Å². The fraction of sp³-hybridized carbons (Fsp3) is 0. The molecule has 0 aliphatic heterocycles. The van der Waals surface area contributed by atoms with Gasteiger partial charge in [0.1, 0.15) is 0 Å². The van der Waals surface area contributed by atoms with Gasteiger partial charge in [-0.05, 0) is 30.3 Å². The van der Waals surface area contributed by atoms with Crippen LogP contribution in [-0.2, 0) is 9.59 Å². The van der Waals surface area contributed by atoms with E-state index in [2.05, 4.69) is 37.1 Å². The van der Waals surface area contributed by atoms with Gasteiger partial charge in [0.15, 0.2) is 0 Å². The van der Waals surface area contributed by atoms with E-state index in [-0.39, 0.29) is 11.3 Å². The highest BCUT2D eigenvalue weighted by molar-refractivity contribution is 9.10. The number of amides is 3. The Balaban J connectivity index is 1.64. The smallest absolute Gasteiger partial charge is 0.322 e. The van der Waals surface area contributed by atoms with Gasteiger partial charge in [-0.25, -0.2) is 5.43 Å². The molecule has 3 aromatic rings. The molecule has 3 aromatic carbocycles. The summed E-state index contributed by atoms with van der Waals surface area (Å²) in [4.78, 5) is 36.8. The zero-order valence-corrected chi connectivity index (χ0v) is 17.2. The van der Waals surface area contributed by atoms with Gasteiger partial charge in [0.25, 0.3) is 5.91 Å². The summed E-state index contributed by atoms with van der Waals surface area (Å²) in [6, 6.07) is 22.6. The zero-order valence-electron chi connectivity index (χ0n) is 15.6. The van der Waals surface area contributed by atoms with Crippen molar-refractivity contribution in [3.05, 3.63) is 94.5 Å². The lowest BCUT2D eigenvalue weighted by atomic mass is 10.1. The molecule has 0 unspecified atom stereocenters. The minimum atomic E-state index is -0.962. The second-order valence-electron chi connectivity index (χ2n) is 6.04. The Bertz CT molecular complexity index is 1100. The number of nitrogens with one attached hydrogen (secondary N) is 3. The molecule has 30 heavy (non-hydrogen) atoms. The molecular formula is C22H17BrN4O3. The Labute approximate surface area is 181 Å². The first kappa shape index (κ1) is 20.9. The summed E-state index contributed by atoms with van der Waals surface area (Å²) in [6.45, 7) is 0. The molecule has 0 spiro atoms. The molecule has 0 fully saturated rings. The van der Waals surface area contributed by atoms with Gasteiger partial charge in [0, 0.05) is 15.7 Å². The van der Waals surface area contributed by atoms with Crippen LogP contribution in [0.15, 0.2) is 88.4 Å². The van der Waals surface area contributed by atoms with E-state index in [1.807, 2.05) is 24.3 Å². The Morgan fingerprint density at radius 2 is 1.43 bits per heavy atom. The minimum absolute atomic E-state index is 0.209. The summed E-state index contributed by atoms with van der Waals surface area (Å²) in [5.41, 5.74) is 3.95. The van der Waals surface area contributed by atoms with Gasteiger partial charge in [0.05, 0.1) is 17.5 Å². The van der Waals surface area contributed by atoms with Crippen molar-refractivity contribution in [2.75, 3.05) is 10.6 Å². The number of hydrazone groups is 1. The largest absolute Gasteiger partial charge is 0.329 e. The standard InChI is InChI=1S/C22H17BrN4O3/c23-18-12-6-4-8-15(18)14-24-27-22(30)21(29)26-19-13-7-5-11-17(19)20(28)25-16-9-2-1-3-10-16/h1-14H,(H,25,28)(H,26,29)(H,27,30). The van der Waals surface area contributed by atoms with E-state index in [0.29, 0.717) is 5.69 Å². The fourth-order valence-electron chi connectivity index (χ4n) is 2.48. The lowest BCUT2D eigenvalue weighted by molar-refractivity contribution is -0.136. The molecule has 7 nitrogen and oxygen atoms in total. The fourth-order valence-corrected chi connectivity index (χ4v) is 2.87. The van der Waals surface area contributed by atoms with Crippen LogP contribution < -0.4 is 16.1 Å². The molecule has 0 atom stereocenters. The maximum Gasteiger partial charge on any atom is 0.329 e. The van der Waals surface area contributed by atoms with Crippen molar-refractivity contribution in [1.82, 2.24) is 5.43 Å². The van der Waals surface area contributed by atoms with Gasteiger partial charge in [0.2, 0.25) is 0 Å². The summed E-state index contributed by atoms with van der Waals surface area (Å²) in [6.07, 6.45) is 1.41. The second kappa shape index (κ2) is 10.1. The molecule has 0 saturated heterocycles. The summed E-state index contributed by atoms with van der Waals surface area (Å²) in [7, 11) is 0. The third-order valence-electron chi connectivity index (χ3n) is 3.93. The van der Waals surface area contributed by atoms with Crippen molar-refractivity contribution in [3.8, 4) is 0 Å². The molecule has 3 N–H and O–H groups in total. The zero-order chi connectivity index (χ0) is 21.3. The highest BCUT2D eigenvalue weighted by Gasteiger charge is 2.17. The van der Waals surface area contributed by atoms with Crippen LogP contribution in [0.2, 0.25) is 0 Å². The summed E-state index contributed by atoms with van der Waals surface area (Å²) in [5.74, 6) is -2.32. The summed E-state index contributed by atoms with van der Waals surface area (Å²) >= 11 is 3.36. The predicted octanol–water partition coefficient (Wildman–Crippen LogP) is 3.79. The number of halogens is 1. The highest BCUT2D eigenvalue weighted by Crippen LogP contribution is 2.17. The predicted molar refractivity (Wildman–Crippen MR) is 119 cm³/mol. The number of benzene rings is 3. The van der Waals surface area contributed by atoms with Crippen LogP contribution in [0.5, 0.6) is 0 Å². The highest BCUT2D eigenvalue weighted by atomic mass is 79.9. The topological polar surface area (TPSA) is 99.7 Å². The van der Waals surface area contributed by atoms with E-state index in [1.54, 1.807) is 48.5 Å². The number of hydrogen-bond donors (Lipinski definition) is 3. The van der Waals surface area contributed by atoms with E-state index in [4.69, 9.17) is 0 Å². The SMILES string of the molecule is O=C(NN=Cc1ccccc1Br)C(=O)Nc1ccccc1C(=O)Nc1ccccc1. The Kier molecular flexibility index (Phi) is 7.07. The van der Waals surface area contributed by atoms with Crippen molar-refractivity contribution in [3.63, 3.8) is 0 Å². The van der Waals surface area contributed by atoms with Crippen molar-refractivity contribution < 1.29 is 14.4 Å². The molecule has 0 bridgehead atoms. The Hall–Kier alpha value is -3.78. The van der Waals surface area contributed by atoms with Gasteiger partial charge in [-0.1, -0.05) is 64.5 Å². The molecule has 8 heteroatoms. The third kappa shape index (κ3) is 5.62. The molecule has 0 aromatic heterocycles. The minimum Gasteiger partial charge on any atom is -0.322 e. The number of hydrogen-bond acceptors (Lipinski definition) is 4. The first-order chi connectivity index (χ1) is 14.5. The first-order valence-corrected chi connectivity index (χ1v) is 9.68.